The average molecular weight is 481 g/mol. The van der Waals surface area contributed by atoms with Gasteiger partial charge in [-0.3, -0.25) is 14.3 Å². The molecule has 0 saturated carbocycles. The van der Waals surface area contributed by atoms with Crippen LogP contribution in [-0.4, -0.2) is 57.4 Å². The van der Waals surface area contributed by atoms with Gasteiger partial charge in [-0.25, -0.2) is 14.2 Å². The molecular weight excluding hydrogens is 459 g/mol. The highest BCUT2D eigenvalue weighted by atomic mass is 79.9. The maximum atomic E-state index is 13.5. The lowest BCUT2D eigenvalue weighted by atomic mass is 9.99. The lowest BCUT2D eigenvalue weighted by Gasteiger charge is -2.33. The van der Waals surface area contributed by atoms with Crippen LogP contribution in [0.4, 0.5) is 14.9 Å². The number of aromatic nitrogens is 2. The normalized spacial score (nSPS) is 21.2. The molecule has 2 aliphatic heterocycles. The van der Waals surface area contributed by atoms with Crippen molar-refractivity contribution in [2.45, 2.75) is 38.6 Å². The molecule has 1 aromatic carbocycles. The summed E-state index contributed by atoms with van der Waals surface area (Å²) in [6, 6.07) is 3.80. The molecule has 2 aromatic rings. The maximum absolute atomic E-state index is 13.5. The van der Waals surface area contributed by atoms with E-state index in [0.29, 0.717) is 29.9 Å². The van der Waals surface area contributed by atoms with E-state index in [1.807, 2.05) is 6.92 Å². The van der Waals surface area contributed by atoms with Crippen LogP contribution < -0.4 is 11.1 Å². The first-order chi connectivity index (χ1) is 14.3. The van der Waals surface area contributed by atoms with E-state index in [2.05, 4.69) is 26.3 Å². The Labute approximate surface area is 181 Å². The fraction of sp³-hybridized carbons (Fsp3) is 0.421. The molecule has 160 valence electrons. The summed E-state index contributed by atoms with van der Waals surface area (Å²) in [5.41, 5.74) is 8.13. The van der Waals surface area contributed by atoms with Gasteiger partial charge in [-0.1, -0.05) is 0 Å². The zero-order valence-corrected chi connectivity index (χ0v) is 18.1. The van der Waals surface area contributed by atoms with Crippen LogP contribution in [0.3, 0.4) is 0 Å². The Morgan fingerprint density at radius 2 is 2.23 bits per heavy atom. The number of hydrogen-bond acceptors (Lipinski definition) is 5. The van der Waals surface area contributed by atoms with Crippen molar-refractivity contribution in [1.29, 1.82) is 0 Å². The molecule has 30 heavy (non-hydrogen) atoms. The molecule has 3 amide bonds. The second-order valence-corrected chi connectivity index (χ2v) is 8.32. The molecule has 11 heteroatoms. The predicted octanol–water partition coefficient (Wildman–Crippen LogP) is 2.11. The molecule has 0 radical (unpaired) electrons. The van der Waals surface area contributed by atoms with Crippen molar-refractivity contribution < 1.29 is 18.8 Å². The second kappa shape index (κ2) is 7.97. The van der Waals surface area contributed by atoms with E-state index in [0.717, 1.165) is 5.69 Å². The lowest BCUT2D eigenvalue weighted by Crippen LogP contribution is -2.45. The number of halogens is 2. The van der Waals surface area contributed by atoms with Crippen LogP contribution in [0.1, 0.15) is 28.7 Å². The van der Waals surface area contributed by atoms with Crippen LogP contribution >= 0.6 is 15.9 Å². The molecule has 9 nitrogen and oxygen atoms in total. The van der Waals surface area contributed by atoms with Crippen molar-refractivity contribution in [3.63, 3.8) is 0 Å². The van der Waals surface area contributed by atoms with Crippen molar-refractivity contribution in [2.75, 3.05) is 18.9 Å². The number of hydrogen-bond donors (Lipinski definition) is 2. The zero-order valence-electron chi connectivity index (χ0n) is 16.6. The van der Waals surface area contributed by atoms with Gasteiger partial charge in [0.2, 0.25) is 0 Å². The highest BCUT2D eigenvalue weighted by Crippen LogP contribution is 2.29. The fourth-order valence-electron chi connectivity index (χ4n) is 3.77. The van der Waals surface area contributed by atoms with Crippen LogP contribution in [-0.2, 0) is 24.3 Å². The molecule has 0 spiro atoms. The smallest absolute Gasteiger partial charge is 0.322 e. The molecule has 3 heterocycles. The van der Waals surface area contributed by atoms with Crippen LogP contribution in [0.2, 0.25) is 0 Å². The molecule has 2 atom stereocenters. The number of urea groups is 1. The van der Waals surface area contributed by atoms with Gasteiger partial charge in [-0.05, 0) is 41.1 Å². The summed E-state index contributed by atoms with van der Waals surface area (Å²) >= 11 is 3.12. The number of nitrogens with zero attached hydrogens (tertiary/aromatic N) is 4. The number of amides is 3. The first-order valence-corrected chi connectivity index (χ1v) is 10.3. The topological polar surface area (TPSA) is 106 Å². The minimum absolute atomic E-state index is 0.130. The summed E-state index contributed by atoms with van der Waals surface area (Å²) in [5, 5.41) is 8.58. The van der Waals surface area contributed by atoms with Gasteiger partial charge >= 0.3 is 6.03 Å². The monoisotopic (exact) mass is 480 g/mol. The molecule has 1 aromatic heterocycles. The van der Waals surface area contributed by atoms with E-state index in [1.54, 1.807) is 16.6 Å². The average Bonchev–Trinajstić information content (AvgIpc) is 2.99. The van der Waals surface area contributed by atoms with E-state index < -0.39 is 5.82 Å². The van der Waals surface area contributed by atoms with E-state index in [4.69, 9.17) is 10.6 Å². The molecule has 2 aliphatic rings. The largest absolute Gasteiger partial charge is 0.328 e. The standard InChI is InChI=1S/C19H22BrFN6O3/c1-10-5-16-13(17-18(28)25(2)30-12(7-22)8-27(17)24-16)9-26(10)19(29)23-11-3-4-15(21)14(20)6-11/h3-4,6,10,12H,5,7-9,22H2,1-2H3,(H,23,29)/t10-,12+/m1/s1. The number of nitrogens with one attached hydrogen (secondary N) is 1. The summed E-state index contributed by atoms with van der Waals surface area (Å²) in [6.07, 6.45) is 0.149. The number of hydroxylamine groups is 2. The van der Waals surface area contributed by atoms with Gasteiger partial charge in [0, 0.05) is 37.3 Å². The lowest BCUT2D eigenvalue weighted by molar-refractivity contribution is -0.144. The molecule has 0 bridgehead atoms. The summed E-state index contributed by atoms with van der Waals surface area (Å²) < 4.78 is 15.4. The van der Waals surface area contributed by atoms with Crippen molar-refractivity contribution in [3.8, 4) is 0 Å². The Bertz CT molecular complexity index is 1010. The third-order valence-corrected chi connectivity index (χ3v) is 5.96. The van der Waals surface area contributed by atoms with Crippen molar-refractivity contribution in [2.24, 2.45) is 5.73 Å². The number of carbonyl (C=O) groups excluding carboxylic acids is 2. The Hall–Kier alpha value is -2.50. The van der Waals surface area contributed by atoms with E-state index in [1.165, 1.54) is 23.3 Å². The van der Waals surface area contributed by atoms with E-state index >= 15 is 0 Å². The maximum Gasteiger partial charge on any atom is 0.322 e. The Kier molecular flexibility index (Phi) is 5.51. The van der Waals surface area contributed by atoms with Gasteiger partial charge in [0.05, 0.1) is 23.3 Å². The molecule has 3 N–H and O–H groups in total. The van der Waals surface area contributed by atoms with Crippen LogP contribution in [0.15, 0.2) is 22.7 Å². The number of carbonyl (C=O) groups is 2. The summed E-state index contributed by atoms with van der Waals surface area (Å²) in [4.78, 5) is 33.0. The summed E-state index contributed by atoms with van der Waals surface area (Å²) in [7, 11) is 1.54. The minimum Gasteiger partial charge on any atom is -0.328 e. The van der Waals surface area contributed by atoms with Crippen molar-refractivity contribution in [3.05, 3.63) is 45.4 Å². The Balaban J connectivity index is 1.61. The zero-order chi connectivity index (χ0) is 21.6. The number of rotatable bonds is 2. The highest BCUT2D eigenvalue weighted by molar-refractivity contribution is 9.10. The van der Waals surface area contributed by atoms with Gasteiger partial charge in [-0.2, -0.15) is 5.10 Å². The molecule has 0 saturated heterocycles. The predicted molar refractivity (Wildman–Crippen MR) is 110 cm³/mol. The Morgan fingerprint density at radius 3 is 2.93 bits per heavy atom. The third-order valence-electron chi connectivity index (χ3n) is 5.35. The highest BCUT2D eigenvalue weighted by Gasteiger charge is 2.37. The van der Waals surface area contributed by atoms with Gasteiger partial charge in [0.1, 0.15) is 17.6 Å². The van der Waals surface area contributed by atoms with Gasteiger partial charge < -0.3 is 16.0 Å². The fourth-order valence-corrected chi connectivity index (χ4v) is 4.15. The van der Waals surface area contributed by atoms with Crippen molar-refractivity contribution >= 4 is 33.6 Å². The molecule has 0 unspecified atom stereocenters. The van der Waals surface area contributed by atoms with Crippen LogP contribution in [0, 0.1) is 5.82 Å². The van der Waals surface area contributed by atoms with E-state index in [-0.39, 0.29) is 41.6 Å². The SMILES string of the molecule is C[C@@H]1Cc2nn3c(c2CN1C(=O)Nc1ccc(F)c(Br)c1)C(=O)N(C)O[C@@H](CN)C3. The van der Waals surface area contributed by atoms with Gasteiger partial charge in [-0.15, -0.1) is 0 Å². The molecular formula is C19H22BrFN6O3. The first kappa shape index (κ1) is 20.8. The van der Waals surface area contributed by atoms with Gasteiger partial charge in [0.25, 0.3) is 5.91 Å². The summed E-state index contributed by atoms with van der Waals surface area (Å²) in [5.74, 6) is -0.732. The number of fused-ring (bicyclic) bond motifs is 3. The van der Waals surface area contributed by atoms with Gasteiger partial charge in [0.15, 0.2) is 0 Å². The third kappa shape index (κ3) is 3.68. The Morgan fingerprint density at radius 1 is 1.47 bits per heavy atom. The molecule has 0 aliphatic carbocycles. The van der Waals surface area contributed by atoms with Crippen LogP contribution in [0.5, 0.6) is 0 Å². The van der Waals surface area contributed by atoms with Crippen LogP contribution in [0.25, 0.3) is 0 Å². The number of nitrogens with two attached hydrogens (primary N) is 1. The first-order valence-electron chi connectivity index (χ1n) is 9.54. The second-order valence-electron chi connectivity index (χ2n) is 7.46. The minimum atomic E-state index is -0.410. The van der Waals surface area contributed by atoms with E-state index in [9.17, 15) is 14.0 Å². The summed E-state index contributed by atoms with van der Waals surface area (Å²) in [6.45, 7) is 2.76. The van der Waals surface area contributed by atoms with Crippen molar-refractivity contribution in [1.82, 2.24) is 19.7 Å². The quantitative estimate of drug-likeness (QED) is 0.684. The molecule has 0 fully saturated rings. The molecule has 4 rings (SSSR count). The number of anilines is 1. The number of benzene rings is 1.